The SMILES string of the molecule is C=C1/C(=C\C=C2CCC[C@@]3(C)C2CC[C@@H]3[C@H](C)CCCC(C)(C)O)C[C@](O)(OCCCO)C[C@H]1O. The van der Waals surface area contributed by atoms with Crippen molar-refractivity contribution in [1.29, 1.82) is 0 Å². The molecule has 0 amide bonds. The minimum absolute atomic E-state index is 0.0132. The van der Waals surface area contributed by atoms with Gasteiger partial charge in [0.15, 0.2) is 5.79 Å². The van der Waals surface area contributed by atoms with Crippen molar-refractivity contribution >= 4 is 0 Å². The molecular weight excluding hydrogens is 440 g/mol. The first-order chi connectivity index (χ1) is 16.4. The number of aliphatic hydroxyl groups is 4. The third-order valence-electron chi connectivity index (χ3n) is 9.14. The molecule has 0 radical (unpaired) electrons. The van der Waals surface area contributed by atoms with Crippen molar-refractivity contribution in [3.8, 4) is 0 Å². The van der Waals surface area contributed by atoms with Crippen LogP contribution >= 0.6 is 0 Å². The highest BCUT2D eigenvalue weighted by Gasteiger charge is 2.50. The van der Waals surface area contributed by atoms with E-state index < -0.39 is 17.5 Å². The summed E-state index contributed by atoms with van der Waals surface area (Å²) in [6, 6.07) is 0. The summed E-state index contributed by atoms with van der Waals surface area (Å²) >= 11 is 0. The molecule has 3 fully saturated rings. The lowest BCUT2D eigenvalue weighted by atomic mass is 9.60. The van der Waals surface area contributed by atoms with Gasteiger partial charge in [-0.1, -0.05) is 51.0 Å². The van der Waals surface area contributed by atoms with Gasteiger partial charge in [-0.05, 0) is 93.1 Å². The van der Waals surface area contributed by atoms with Crippen LogP contribution in [-0.2, 0) is 4.74 Å². The number of hydrogen-bond donors (Lipinski definition) is 4. The molecule has 0 heterocycles. The van der Waals surface area contributed by atoms with Gasteiger partial charge in [0.1, 0.15) is 0 Å². The maximum atomic E-state index is 10.9. The van der Waals surface area contributed by atoms with Crippen LogP contribution in [-0.4, -0.2) is 51.1 Å². The Hall–Kier alpha value is -0.980. The topological polar surface area (TPSA) is 90.2 Å². The van der Waals surface area contributed by atoms with E-state index in [0.29, 0.717) is 41.6 Å². The lowest BCUT2D eigenvalue weighted by molar-refractivity contribution is -0.221. The zero-order valence-electron chi connectivity index (χ0n) is 22.6. The second-order valence-electron chi connectivity index (χ2n) is 12.5. The monoisotopic (exact) mass is 490 g/mol. The summed E-state index contributed by atoms with van der Waals surface area (Å²) in [5.74, 6) is 0.529. The van der Waals surface area contributed by atoms with Crippen LogP contribution in [0.15, 0.2) is 35.5 Å². The molecule has 200 valence electrons. The van der Waals surface area contributed by atoms with Crippen molar-refractivity contribution in [2.45, 2.75) is 116 Å². The molecule has 5 nitrogen and oxygen atoms in total. The fraction of sp³-hybridized carbons (Fsp3) is 0.800. The summed E-state index contributed by atoms with van der Waals surface area (Å²) in [6.45, 7) is 13.1. The maximum Gasteiger partial charge on any atom is 0.172 e. The predicted molar refractivity (Wildman–Crippen MR) is 141 cm³/mol. The van der Waals surface area contributed by atoms with E-state index in [4.69, 9.17) is 9.84 Å². The van der Waals surface area contributed by atoms with Crippen LogP contribution in [0.3, 0.4) is 0 Å². The molecule has 3 aliphatic rings. The largest absolute Gasteiger partial charge is 0.396 e. The molecule has 0 spiro atoms. The molecule has 6 atom stereocenters. The molecule has 1 unspecified atom stereocenters. The van der Waals surface area contributed by atoms with E-state index in [0.717, 1.165) is 24.8 Å². The first-order valence-corrected chi connectivity index (χ1v) is 13.8. The Morgan fingerprint density at radius 1 is 1.23 bits per heavy atom. The van der Waals surface area contributed by atoms with Crippen LogP contribution < -0.4 is 0 Å². The van der Waals surface area contributed by atoms with E-state index in [9.17, 15) is 15.3 Å². The molecular formula is C30H50O5. The van der Waals surface area contributed by atoms with E-state index >= 15 is 0 Å². The summed E-state index contributed by atoms with van der Waals surface area (Å²) in [5, 5.41) is 40.5. The fourth-order valence-electron chi connectivity index (χ4n) is 7.20. The lowest BCUT2D eigenvalue weighted by Gasteiger charge is -2.44. The van der Waals surface area contributed by atoms with Gasteiger partial charge in [0, 0.05) is 19.4 Å². The molecule has 35 heavy (non-hydrogen) atoms. The van der Waals surface area contributed by atoms with Crippen LogP contribution in [0.4, 0.5) is 0 Å². The Morgan fingerprint density at radius 3 is 2.66 bits per heavy atom. The molecule has 3 rings (SSSR count). The van der Waals surface area contributed by atoms with E-state index in [1.54, 1.807) is 0 Å². The maximum absolute atomic E-state index is 10.9. The number of rotatable bonds is 10. The van der Waals surface area contributed by atoms with Gasteiger partial charge in [-0.15, -0.1) is 0 Å². The Balaban J connectivity index is 1.71. The van der Waals surface area contributed by atoms with Gasteiger partial charge in [0.05, 0.1) is 18.3 Å². The first-order valence-electron chi connectivity index (χ1n) is 13.8. The van der Waals surface area contributed by atoms with Crippen molar-refractivity contribution in [2.75, 3.05) is 13.2 Å². The van der Waals surface area contributed by atoms with Crippen LogP contribution in [0, 0.1) is 23.2 Å². The first kappa shape index (κ1) is 28.6. The Kier molecular flexibility index (Phi) is 9.48. The summed E-state index contributed by atoms with van der Waals surface area (Å²) in [6.07, 6.45) is 13.5. The van der Waals surface area contributed by atoms with Crippen molar-refractivity contribution in [2.24, 2.45) is 23.2 Å². The second-order valence-corrected chi connectivity index (χ2v) is 12.5. The van der Waals surface area contributed by atoms with Crippen LogP contribution in [0.25, 0.3) is 0 Å². The average molecular weight is 491 g/mol. The molecule has 3 aliphatic carbocycles. The summed E-state index contributed by atoms with van der Waals surface area (Å²) in [4.78, 5) is 0. The molecule has 4 N–H and O–H groups in total. The highest BCUT2D eigenvalue weighted by atomic mass is 16.6. The highest BCUT2D eigenvalue weighted by Crippen LogP contribution is 2.60. The minimum atomic E-state index is -1.42. The zero-order valence-corrected chi connectivity index (χ0v) is 22.6. The average Bonchev–Trinajstić information content (AvgIpc) is 3.12. The highest BCUT2D eigenvalue weighted by molar-refractivity contribution is 5.39. The van der Waals surface area contributed by atoms with Gasteiger partial charge in [-0.2, -0.15) is 0 Å². The second kappa shape index (κ2) is 11.6. The van der Waals surface area contributed by atoms with E-state index in [2.05, 4.69) is 32.6 Å². The van der Waals surface area contributed by atoms with Crippen molar-refractivity contribution < 1.29 is 25.2 Å². The van der Waals surface area contributed by atoms with Crippen LogP contribution in [0.5, 0.6) is 0 Å². The van der Waals surface area contributed by atoms with Gasteiger partial charge in [-0.25, -0.2) is 0 Å². The van der Waals surface area contributed by atoms with Gasteiger partial charge in [-0.3, -0.25) is 0 Å². The molecule has 0 aromatic heterocycles. The third-order valence-corrected chi connectivity index (χ3v) is 9.14. The molecule has 3 saturated carbocycles. The van der Waals surface area contributed by atoms with Gasteiger partial charge in [0.2, 0.25) is 0 Å². The minimum Gasteiger partial charge on any atom is -0.396 e. The number of fused-ring (bicyclic) bond motifs is 1. The summed E-state index contributed by atoms with van der Waals surface area (Å²) < 4.78 is 5.65. The summed E-state index contributed by atoms with van der Waals surface area (Å²) in [5.41, 5.74) is 2.75. The Bertz CT molecular complexity index is 793. The molecule has 0 bridgehead atoms. The Morgan fingerprint density at radius 2 is 1.97 bits per heavy atom. The fourth-order valence-corrected chi connectivity index (χ4v) is 7.20. The molecule has 0 saturated heterocycles. The van der Waals surface area contributed by atoms with E-state index in [-0.39, 0.29) is 19.6 Å². The smallest absolute Gasteiger partial charge is 0.172 e. The lowest BCUT2D eigenvalue weighted by Crippen LogP contribution is -2.42. The van der Waals surface area contributed by atoms with Crippen molar-refractivity contribution in [1.82, 2.24) is 0 Å². The predicted octanol–water partition coefficient (Wildman–Crippen LogP) is 5.43. The number of ether oxygens (including phenoxy) is 1. The summed E-state index contributed by atoms with van der Waals surface area (Å²) in [7, 11) is 0. The van der Waals surface area contributed by atoms with Crippen molar-refractivity contribution in [3.05, 3.63) is 35.5 Å². The van der Waals surface area contributed by atoms with Crippen molar-refractivity contribution in [3.63, 3.8) is 0 Å². The van der Waals surface area contributed by atoms with Gasteiger partial charge < -0.3 is 25.2 Å². The molecule has 0 aromatic rings. The standard InChI is InChI=1S/C30H50O5/c1-21(9-6-15-28(3,4)33)25-13-14-26-23(10-7-16-29(25,26)5)11-12-24-19-30(34,35-18-8-17-31)20-27(32)22(24)2/h11-12,21,25-27,31-34H,2,6-10,13-20H2,1,3-5H3/b23-11?,24-12-/t21-,25-,26?,27-,29-,30+/m1/s1. The number of allylic oxidation sites excluding steroid dienone is 3. The van der Waals surface area contributed by atoms with E-state index in [1.807, 2.05) is 13.8 Å². The van der Waals surface area contributed by atoms with Gasteiger partial charge >= 0.3 is 0 Å². The normalized spacial score (nSPS) is 37.1. The molecule has 0 aliphatic heterocycles. The number of aliphatic hydroxyl groups excluding tert-OH is 2. The van der Waals surface area contributed by atoms with Gasteiger partial charge in [0.25, 0.3) is 0 Å². The zero-order chi connectivity index (χ0) is 25.9. The van der Waals surface area contributed by atoms with Crippen LogP contribution in [0.2, 0.25) is 0 Å². The molecule has 5 heteroatoms. The Labute approximate surface area is 213 Å². The van der Waals surface area contributed by atoms with E-state index in [1.165, 1.54) is 37.7 Å². The quantitative estimate of drug-likeness (QED) is 0.242. The van der Waals surface area contributed by atoms with Crippen LogP contribution in [0.1, 0.15) is 98.3 Å². The number of hydrogen-bond acceptors (Lipinski definition) is 5. The third kappa shape index (κ3) is 7.07. The molecule has 0 aromatic carbocycles.